The lowest BCUT2D eigenvalue weighted by Crippen LogP contribution is -2.70. The Balaban J connectivity index is 1.31. The molecule has 6 atom stereocenters. The molecule has 16 heteroatoms. The third-order valence-electron chi connectivity index (χ3n) is 12.9. The van der Waals surface area contributed by atoms with Crippen LogP contribution in [0.1, 0.15) is 80.3 Å². The molecule has 2 N–H and O–H groups in total. The maximum absolute atomic E-state index is 15.1. The zero-order valence-corrected chi connectivity index (χ0v) is 37.9. The Morgan fingerprint density at radius 3 is 2.49 bits per heavy atom. The van der Waals surface area contributed by atoms with Gasteiger partial charge in [0.15, 0.2) is 11.5 Å². The van der Waals surface area contributed by atoms with E-state index in [4.69, 9.17) is 38.4 Å². The van der Waals surface area contributed by atoms with Crippen molar-refractivity contribution in [2.45, 2.75) is 89.7 Å². The van der Waals surface area contributed by atoms with Crippen LogP contribution in [0, 0.1) is 34.8 Å². The number of benzene rings is 3. The summed E-state index contributed by atoms with van der Waals surface area (Å²) >= 11 is 0. The fourth-order valence-corrected chi connectivity index (χ4v) is 10.1. The first-order valence-corrected chi connectivity index (χ1v) is 23.0. The number of allylic oxidation sites excluding steroid dienone is 1. The van der Waals surface area contributed by atoms with Crippen molar-refractivity contribution in [1.82, 2.24) is 9.88 Å². The maximum atomic E-state index is 15.1. The highest BCUT2D eigenvalue weighted by Gasteiger charge is 2.66. The summed E-state index contributed by atoms with van der Waals surface area (Å²) in [6.45, 7) is 8.58. The van der Waals surface area contributed by atoms with Gasteiger partial charge in [0.25, 0.3) is 5.69 Å². The van der Waals surface area contributed by atoms with Gasteiger partial charge in [-0.25, -0.2) is 4.79 Å². The second-order valence-electron chi connectivity index (χ2n) is 17.2. The molecule has 1 fully saturated rings. The van der Waals surface area contributed by atoms with E-state index < -0.39 is 28.8 Å². The van der Waals surface area contributed by atoms with E-state index >= 15 is 4.79 Å². The van der Waals surface area contributed by atoms with Gasteiger partial charge in [0.05, 0.1) is 28.9 Å². The summed E-state index contributed by atoms with van der Waals surface area (Å²) in [5, 5.41) is 36.3. The summed E-state index contributed by atoms with van der Waals surface area (Å²) in [4.78, 5) is 38.2. The van der Waals surface area contributed by atoms with Gasteiger partial charge < -0.3 is 43.5 Å². The molecule has 3 heterocycles. The number of carbonyl (C=O) groups excluding carboxylic acids is 1. The van der Waals surface area contributed by atoms with Gasteiger partial charge in [-0.3, -0.25) is 20.0 Å². The largest absolute Gasteiger partial charge is 0.487 e. The smallest absolute Gasteiger partial charge is 0.416 e. The van der Waals surface area contributed by atoms with Crippen molar-refractivity contribution in [2.75, 3.05) is 33.2 Å². The normalized spacial score (nSPS) is 22.7. The SMILES string of the molecule is C=CCOC12Oc3ccc(OCc4cccc(C)n4)cc3C3C(CCCCO)C(CCCCO)C=C(C(=NOCC)CC1N(Cc1ccc4c(c1)OCO4)C(=O)Oc1ccc([N+](=O)[O-])cc1)C32. The summed E-state index contributed by atoms with van der Waals surface area (Å²) in [7, 11) is 0. The molecule has 0 spiro atoms. The summed E-state index contributed by atoms with van der Waals surface area (Å²) < 4.78 is 38.4. The molecular formula is C51H58N4O12. The highest BCUT2D eigenvalue weighted by Crippen LogP contribution is 2.62. The van der Waals surface area contributed by atoms with Gasteiger partial charge in [-0.15, -0.1) is 6.58 Å². The minimum absolute atomic E-state index is 0.00955. The average molecular weight is 919 g/mol. The fraction of sp³-hybridized carbons (Fsp3) is 0.431. The zero-order chi connectivity index (χ0) is 46.9. The van der Waals surface area contributed by atoms with Crippen molar-refractivity contribution in [1.29, 1.82) is 0 Å². The van der Waals surface area contributed by atoms with E-state index in [-0.39, 0.29) is 82.0 Å². The number of unbranched alkanes of at least 4 members (excludes halogenated alkanes) is 2. The van der Waals surface area contributed by atoms with Gasteiger partial charge in [0.2, 0.25) is 12.6 Å². The number of nitro groups is 1. The zero-order valence-electron chi connectivity index (χ0n) is 37.9. The van der Waals surface area contributed by atoms with Crippen LogP contribution in [0.3, 0.4) is 0 Å². The number of rotatable bonds is 21. The third kappa shape index (κ3) is 10.3. The molecule has 0 bridgehead atoms. The first-order valence-electron chi connectivity index (χ1n) is 23.0. The summed E-state index contributed by atoms with van der Waals surface area (Å²) in [5.41, 5.74) is 4.60. The van der Waals surface area contributed by atoms with Crippen LogP contribution >= 0.6 is 0 Å². The van der Waals surface area contributed by atoms with E-state index in [1.807, 2.05) is 62.4 Å². The number of fused-ring (bicyclic) bond motifs is 3. The first-order chi connectivity index (χ1) is 32.7. The van der Waals surface area contributed by atoms with E-state index in [2.05, 4.69) is 17.6 Å². The number of amides is 1. The molecule has 4 aliphatic rings. The summed E-state index contributed by atoms with van der Waals surface area (Å²) in [6.07, 6.45) is 7.59. The number of aliphatic hydroxyl groups is 2. The Morgan fingerprint density at radius 2 is 1.75 bits per heavy atom. The fourth-order valence-electron chi connectivity index (χ4n) is 10.1. The van der Waals surface area contributed by atoms with Crippen LogP contribution in [0.15, 0.2) is 108 Å². The monoisotopic (exact) mass is 918 g/mol. The summed E-state index contributed by atoms with van der Waals surface area (Å²) in [5.74, 6) is -0.122. The maximum Gasteiger partial charge on any atom is 0.416 e. The second kappa shape index (κ2) is 21.4. The summed E-state index contributed by atoms with van der Waals surface area (Å²) in [6, 6.07) is 21.5. The number of aliphatic hydroxyl groups excluding tert-OH is 2. The quantitative estimate of drug-likeness (QED) is 0.0349. The molecule has 0 radical (unpaired) electrons. The van der Waals surface area contributed by atoms with Crippen LogP contribution < -0.4 is 23.7 Å². The van der Waals surface area contributed by atoms with Gasteiger partial charge in [0.1, 0.15) is 36.5 Å². The Hall–Kier alpha value is -6.49. The molecule has 354 valence electrons. The third-order valence-corrected chi connectivity index (χ3v) is 12.9. The van der Waals surface area contributed by atoms with Crippen LogP contribution in [-0.2, 0) is 22.7 Å². The molecule has 0 saturated heterocycles. The number of oxime groups is 1. The predicted octanol–water partition coefficient (Wildman–Crippen LogP) is 8.96. The van der Waals surface area contributed by atoms with Crippen molar-refractivity contribution in [3.8, 4) is 28.7 Å². The van der Waals surface area contributed by atoms with Crippen molar-refractivity contribution in [3.05, 3.63) is 136 Å². The Bertz CT molecular complexity index is 2460. The molecule has 6 unspecified atom stereocenters. The molecule has 4 aromatic rings. The van der Waals surface area contributed by atoms with Crippen molar-refractivity contribution in [3.63, 3.8) is 0 Å². The molecule has 67 heavy (non-hydrogen) atoms. The van der Waals surface area contributed by atoms with Crippen molar-refractivity contribution in [2.24, 2.45) is 22.9 Å². The Morgan fingerprint density at radius 1 is 0.985 bits per heavy atom. The number of nitro benzene ring substituents is 1. The van der Waals surface area contributed by atoms with Gasteiger partial charge >= 0.3 is 6.09 Å². The van der Waals surface area contributed by atoms with Crippen LogP contribution in [0.5, 0.6) is 28.7 Å². The molecule has 2 aliphatic carbocycles. The highest BCUT2D eigenvalue weighted by molar-refractivity contribution is 6.03. The number of non-ortho nitro benzene ring substituents is 1. The van der Waals surface area contributed by atoms with Gasteiger partial charge in [0, 0.05) is 55.5 Å². The van der Waals surface area contributed by atoms with Gasteiger partial charge in [-0.1, -0.05) is 42.3 Å². The molecule has 1 aromatic heterocycles. The molecular weight excluding hydrogens is 861 g/mol. The van der Waals surface area contributed by atoms with E-state index in [0.717, 1.165) is 48.2 Å². The van der Waals surface area contributed by atoms with E-state index in [1.165, 1.54) is 24.3 Å². The molecule has 1 amide bonds. The molecule has 2 aliphatic heterocycles. The lowest BCUT2D eigenvalue weighted by atomic mass is 9.55. The highest BCUT2D eigenvalue weighted by atomic mass is 16.7. The van der Waals surface area contributed by atoms with Crippen LogP contribution in [0.4, 0.5) is 10.5 Å². The number of hydrogen-bond acceptors (Lipinski definition) is 14. The number of hydrogen-bond donors (Lipinski definition) is 2. The molecule has 8 rings (SSSR count). The number of carbonyl (C=O) groups is 1. The van der Waals surface area contributed by atoms with Crippen LogP contribution in [-0.4, -0.2) is 81.9 Å². The number of aryl methyl sites for hydroxylation is 1. The first kappa shape index (κ1) is 47.0. The molecule has 3 aromatic carbocycles. The number of nitrogens with zero attached hydrogens (tertiary/aromatic N) is 4. The Kier molecular flexibility index (Phi) is 15.0. The van der Waals surface area contributed by atoms with Gasteiger partial charge in [-0.05, 0) is 117 Å². The number of aromatic nitrogens is 1. The van der Waals surface area contributed by atoms with E-state index in [1.54, 1.807) is 17.0 Å². The molecule has 16 nitrogen and oxygen atoms in total. The standard InChI is InChI=1S/C51H58N4O12/c1-4-25-64-51-47(54(30-34-15-21-45-46(26-34)63-32-62-45)50(58)66-38-18-16-37(17-19-38)55(59)60)29-43(53-65-5-2)41-27-35(12-6-8-23-56)40(14-7-9-24-57)48(49(41)51)42-28-39(20-22-44(42)67-51)61-31-36-13-10-11-33(3)52-36/h4,10-11,13,15-22,26-28,35,40,47-49,56-57H,1,5-9,12,14,23-25,29-32H2,2-3H3. The molecule has 1 saturated carbocycles. The van der Waals surface area contributed by atoms with Gasteiger partial charge in [-0.2, -0.15) is 0 Å². The van der Waals surface area contributed by atoms with Crippen LogP contribution in [0.2, 0.25) is 0 Å². The lowest BCUT2D eigenvalue weighted by Gasteiger charge is -2.59. The predicted molar refractivity (Wildman–Crippen MR) is 247 cm³/mol. The second-order valence-corrected chi connectivity index (χ2v) is 17.2. The van der Waals surface area contributed by atoms with E-state index in [9.17, 15) is 20.3 Å². The number of ether oxygens (including phenoxy) is 6. The van der Waals surface area contributed by atoms with Crippen molar-refractivity contribution < 1.29 is 53.2 Å². The Labute approximate surface area is 389 Å². The van der Waals surface area contributed by atoms with Crippen LogP contribution in [0.25, 0.3) is 0 Å². The lowest BCUT2D eigenvalue weighted by molar-refractivity contribution is -0.384. The number of pyridine rings is 1. The minimum atomic E-state index is -1.59. The van der Waals surface area contributed by atoms with Crippen molar-refractivity contribution >= 4 is 17.5 Å². The minimum Gasteiger partial charge on any atom is -0.487 e. The topological polar surface area (TPSA) is 194 Å². The van der Waals surface area contributed by atoms with E-state index in [0.29, 0.717) is 47.1 Å². The average Bonchev–Trinajstić information content (AvgIpc) is 3.81.